The second-order valence-corrected chi connectivity index (χ2v) is 3.90. The molecular formula is C9H13N3O3S. The lowest BCUT2D eigenvalue weighted by atomic mass is 10.2. The van der Waals surface area contributed by atoms with Crippen LogP contribution >= 0.6 is 11.3 Å². The number of carbonyl (C=O) groups excluding carboxylic acids is 2. The highest BCUT2D eigenvalue weighted by Crippen LogP contribution is 2.16. The van der Waals surface area contributed by atoms with Crippen LogP contribution in [0, 0.1) is 0 Å². The van der Waals surface area contributed by atoms with Crippen LogP contribution in [-0.2, 0) is 20.7 Å². The summed E-state index contributed by atoms with van der Waals surface area (Å²) in [6, 6.07) is 0. The van der Waals surface area contributed by atoms with Gasteiger partial charge in [-0.25, -0.2) is 4.98 Å². The molecule has 0 unspecified atom stereocenters. The molecule has 1 amide bonds. The number of aromatic nitrogens is 1. The lowest BCUT2D eigenvalue weighted by Gasteiger charge is -1.97. The Morgan fingerprint density at radius 3 is 3.00 bits per heavy atom. The molecule has 0 fully saturated rings. The van der Waals surface area contributed by atoms with Gasteiger partial charge in [-0.2, -0.15) is 0 Å². The molecule has 0 aliphatic carbocycles. The molecule has 1 aromatic heterocycles. The molecule has 0 spiro atoms. The Labute approximate surface area is 96.8 Å². The lowest BCUT2D eigenvalue weighted by molar-refractivity contribution is -0.140. The van der Waals surface area contributed by atoms with Crippen LogP contribution in [0.5, 0.6) is 0 Å². The highest BCUT2D eigenvalue weighted by atomic mass is 32.1. The number of thiazole rings is 1. The monoisotopic (exact) mass is 243 g/mol. The van der Waals surface area contributed by atoms with Crippen molar-refractivity contribution < 1.29 is 14.3 Å². The smallest absolute Gasteiger partial charge is 0.305 e. The molecule has 0 radical (unpaired) electrons. The first-order valence-corrected chi connectivity index (χ1v) is 5.53. The third-order valence-corrected chi connectivity index (χ3v) is 2.63. The molecule has 0 saturated carbocycles. The van der Waals surface area contributed by atoms with Crippen molar-refractivity contribution in [3.8, 4) is 0 Å². The third-order valence-electron chi connectivity index (χ3n) is 1.78. The first-order valence-electron chi connectivity index (χ1n) is 4.65. The SMILES string of the molecule is COC(=O)CCc1csc(NCC(N)=O)n1. The average molecular weight is 243 g/mol. The van der Waals surface area contributed by atoms with E-state index in [9.17, 15) is 9.59 Å². The van der Waals surface area contributed by atoms with Gasteiger partial charge >= 0.3 is 5.97 Å². The van der Waals surface area contributed by atoms with Gasteiger partial charge in [0.2, 0.25) is 5.91 Å². The number of nitrogens with one attached hydrogen (secondary N) is 1. The van der Waals surface area contributed by atoms with E-state index >= 15 is 0 Å². The van der Waals surface area contributed by atoms with Crippen molar-refractivity contribution in [3.63, 3.8) is 0 Å². The Morgan fingerprint density at radius 1 is 1.62 bits per heavy atom. The predicted octanol–water partition coefficient (Wildman–Crippen LogP) is 0.146. The Balaban J connectivity index is 2.39. The molecule has 0 aliphatic rings. The van der Waals surface area contributed by atoms with Gasteiger partial charge in [-0.3, -0.25) is 9.59 Å². The zero-order valence-corrected chi connectivity index (χ0v) is 9.67. The topological polar surface area (TPSA) is 94.3 Å². The molecule has 88 valence electrons. The van der Waals surface area contributed by atoms with Crippen molar-refractivity contribution >= 4 is 28.3 Å². The summed E-state index contributed by atoms with van der Waals surface area (Å²) in [5.41, 5.74) is 5.77. The van der Waals surface area contributed by atoms with E-state index in [4.69, 9.17) is 5.73 Å². The van der Waals surface area contributed by atoms with Crippen molar-refractivity contribution in [1.29, 1.82) is 0 Å². The van der Waals surface area contributed by atoms with E-state index in [1.807, 2.05) is 5.38 Å². The average Bonchev–Trinajstić information content (AvgIpc) is 2.71. The fourth-order valence-corrected chi connectivity index (χ4v) is 1.74. The second-order valence-electron chi connectivity index (χ2n) is 3.04. The molecule has 0 bridgehead atoms. The fraction of sp³-hybridized carbons (Fsp3) is 0.444. The minimum Gasteiger partial charge on any atom is -0.469 e. The number of esters is 1. The quantitative estimate of drug-likeness (QED) is 0.693. The fourth-order valence-electron chi connectivity index (χ4n) is 0.998. The summed E-state index contributed by atoms with van der Waals surface area (Å²) in [6.07, 6.45) is 0.830. The van der Waals surface area contributed by atoms with Gasteiger partial charge in [-0.05, 0) is 0 Å². The summed E-state index contributed by atoms with van der Waals surface area (Å²) in [7, 11) is 1.35. The standard InChI is InChI=1S/C9H13N3O3S/c1-15-8(14)3-2-6-5-16-9(12-6)11-4-7(10)13/h5H,2-4H2,1H3,(H2,10,13)(H,11,12). The molecule has 16 heavy (non-hydrogen) atoms. The zero-order chi connectivity index (χ0) is 12.0. The molecule has 1 heterocycles. The van der Waals surface area contributed by atoms with E-state index in [0.29, 0.717) is 18.0 Å². The van der Waals surface area contributed by atoms with Crippen molar-refractivity contribution in [3.05, 3.63) is 11.1 Å². The van der Waals surface area contributed by atoms with Gasteiger partial charge in [0.05, 0.1) is 25.8 Å². The molecule has 1 rings (SSSR count). The van der Waals surface area contributed by atoms with Crippen LogP contribution < -0.4 is 11.1 Å². The largest absolute Gasteiger partial charge is 0.469 e. The summed E-state index contributed by atoms with van der Waals surface area (Å²) >= 11 is 1.37. The van der Waals surface area contributed by atoms with Gasteiger partial charge in [0.1, 0.15) is 0 Å². The molecule has 1 aromatic rings. The lowest BCUT2D eigenvalue weighted by Crippen LogP contribution is -2.21. The highest BCUT2D eigenvalue weighted by molar-refractivity contribution is 7.13. The molecule has 0 atom stereocenters. The van der Waals surface area contributed by atoms with Crippen molar-refractivity contribution in [2.75, 3.05) is 19.0 Å². The number of hydrogen-bond acceptors (Lipinski definition) is 6. The number of anilines is 1. The number of carbonyl (C=O) groups is 2. The number of methoxy groups -OCH3 is 1. The van der Waals surface area contributed by atoms with Crippen molar-refractivity contribution in [2.45, 2.75) is 12.8 Å². The van der Waals surface area contributed by atoms with Crippen LogP contribution in [0.2, 0.25) is 0 Å². The molecule has 7 heteroatoms. The third kappa shape index (κ3) is 4.26. The Kier molecular flexibility index (Phi) is 4.71. The number of hydrogen-bond donors (Lipinski definition) is 2. The summed E-state index contributed by atoms with van der Waals surface area (Å²) in [5, 5.41) is 5.23. The van der Waals surface area contributed by atoms with Crippen LogP contribution in [0.4, 0.5) is 5.13 Å². The van der Waals surface area contributed by atoms with Gasteiger partial charge in [0.25, 0.3) is 0 Å². The maximum absolute atomic E-state index is 10.9. The van der Waals surface area contributed by atoms with Crippen LogP contribution in [0.1, 0.15) is 12.1 Å². The van der Waals surface area contributed by atoms with Crippen LogP contribution in [0.3, 0.4) is 0 Å². The van der Waals surface area contributed by atoms with Gasteiger partial charge in [0.15, 0.2) is 5.13 Å². The predicted molar refractivity (Wildman–Crippen MR) is 60.1 cm³/mol. The summed E-state index contributed by atoms with van der Waals surface area (Å²) in [4.78, 5) is 25.6. The van der Waals surface area contributed by atoms with E-state index < -0.39 is 5.91 Å². The van der Waals surface area contributed by atoms with Gasteiger partial charge in [-0.1, -0.05) is 0 Å². The maximum atomic E-state index is 10.9. The van der Waals surface area contributed by atoms with Crippen LogP contribution in [0.25, 0.3) is 0 Å². The molecule has 0 aromatic carbocycles. The molecule has 0 saturated heterocycles. The summed E-state index contributed by atoms with van der Waals surface area (Å²) in [5.74, 6) is -0.703. The Morgan fingerprint density at radius 2 is 2.38 bits per heavy atom. The minimum absolute atomic E-state index is 0.0595. The van der Waals surface area contributed by atoms with Crippen LogP contribution in [0.15, 0.2) is 5.38 Å². The summed E-state index contributed by atoms with van der Waals surface area (Å²) in [6.45, 7) is 0.0595. The second kappa shape index (κ2) is 6.06. The number of ether oxygens (including phenoxy) is 1. The number of rotatable bonds is 6. The maximum Gasteiger partial charge on any atom is 0.305 e. The first kappa shape index (κ1) is 12.4. The number of nitrogens with zero attached hydrogens (tertiary/aromatic N) is 1. The number of aryl methyl sites for hydroxylation is 1. The molecular weight excluding hydrogens is 230 g/mol. The van der Waals surface area contributed by atoms with Gasteiger partial charge in [0, 0.05) is 11.8 Å². The number of primary amides is 1. The number of nitrogens with two attached hydrogens (primary N) is 1. The van der Waals surface area contributed by atoms with E-state index in [1.54, 1.807) is 0 Å². The molecule has 3 N–H and O–H groups in total. The Bertz CT molecular complexity index is 378. The zero-order valence-electron chi connectivity index (χ0n) is 8.86. The van der Waals surface area contributed by atoms with Crippen molar-refractivity contribution in [2.24, 2.45) is 5.73 Å². The van der Waals surface area contributed by atoms with E-state index in [0.717, 1.165) is 5.69 Å². The first-order chi connectivity index (χ1) is 7.61. The van der Waals surface area contributed by atoms with E-state index in [2.05, 4.69) is 15.0 Å². The minimum atomic E-state index is -0.439. The van der Waals surface area contributed by atoms with E-state index in [-0.39, 0.29) is 12.5 Å². The van der Waals surface area contributed by atoms with Gasteiger partial charge < -0.3 is 15.8 Å². The molecule has 6 nitrogen and oxygen atoms in total. The number of amides is 1. The van der Waals surface area contributed by atoms with E-state index in [1.165, 1.54) is 18.4 Å². The van der Waals surface area contributed by atoms with Gasteiger partial charge in [-0.15, -0.1) is 11.3 Å². The van der Waals surface area contributed by atoms with Crippen LogP contribution in [-0.4, -0.2) is 30.5 Å². The normalized spacial score (nSPS) is 9.81. The van der Waals surface area contributed by atoms with Crippen molar-refractivity contribution in [1.82, 2.24) is 4.98 Å². The highest BCUT2D eigenvalue weighted by Gasteiger charge is 2.05. The molecule has 0 aliphatic heterocycles. The summed E-state index contributed by atoms with van der Waals surface area (Å²) < 4.78 is 4.52. The Hall–Kier alpha value is -1.63.